The van der Waals surface area contributed by atoms with Gasteiger partial charge < -0.3 is 19.8 Å². The van der Waals surface area contributed by atoms with E-state index in [2.05, 4.69) is 15.5 Å². The number of carbonyl (C=O) groups excluding carboxylic acids is 5. The van der Waals surface area contributed by atoms with E-state index in [1.165, 1.54) is 4.90 Å². The van der Waals surface area contributed by atoms with Gasteiger partial charge in [0.1, 0.15) is 6.04 Å². The fraction of sp³-hybridized carbons (Fsp3) is 0.370. The van der Waals surface area contributed by atoms with Gasteiger partial charge in [-0.05, 0) is 41.3 Å². The first-order valence-corrected chi connectivity index (χ1v) is 12.8. The Bertz CT molecular complexity index is 1290. The Kier molecular flexibility index (Phi) is 7.84. The van der Waals surface area contributed by atoms with Crippen molar-refractivity contribution < 1.29 is 33.5 Å². The molecule has 12 nitrogen and oxygen atoms in total. The van der Waals surface area contributed by atoms with Crippen molar-refractivity contribution in [1.29, 1.82) is 0 Å². The number of amides is 5. The molecule has 0 spiro atoms. The van der Waals surface area contributed by atoms with Crippen molar-refractivity contribution in [3.05, 3.63) is 64.7 Å². The zero-order chi connectivity index (χ0) is 27.4. The van der Waals surface area contributed by atoms with E-state index in [1.54, 1.807) is 24.3 Å². The van der Waals surface area contributed by atoms with Gasteiger partial charge >= 0.3 is 12.5 Å². The van der Waals surface area contributed by atoms with Gasteiger partial charge in [-0.25, -0.2) is 4.79 Å². The molecule has 3 aliphatic rings. The van der Waals surface area contributed by atoms with Crippen LogP contribution in [0.15, 0.2) is 42.5 Å². The summed E-state index contributed by atoms with van der Waals surface area (Å²) < 4.78 is 5.39. The van der Waals surface area contributed by atoms with Gasteiger partial charge in [-0.2, -0.15) is 0 Å². The number of imide groups is 1. The second kappa shape index (κ2) is 11.6. The van der Waals surface area contributed by atoms with Crippen LogP contribution in [0.2, 0.25) is 0 Å². The summed E-state index contributed by atoms with van der Waals surface area (Å²) in [6.07, 6.45) is 0.442. The standard InChI is InChI=1S/C27H29N5O7/c33-17-39-32(27(37)28-21-3-1-2-18(13-21)14-30-8-10-38-11-9-30)15-19-4-5-22-20(12-19)16-31(26(22)36)23-6-7-24(34)29-25(23)35/h1-5,12-13,17,23H,6-11,14-16H2,(H,28,37)(H,29,34,35). The summed E-state index contributed by atoms with van der Waals surface area (Å²) in [7, 11) is 0. The number of nitrogens with zero attached hydrogens (tertiary/aromatic N) is 3. The third-order valence-electron chi connectivity index (χ3n) is 7.00. The largest absolute Gasteiger partial charge is 0.379 e. The number of fused-ring (bicyclic) bond motifs is 1. The molecule has 0 bridgehead atoms. The van der Waals surface area contributed by atoms with Crippen molar-refractivity contribution in [1.82, 2.24) is 20.2 Å². The number of nitrogens with one attached hydrogen (secondary N) is 2. The Balaban J connectivity index is 1.24. The lowest BCUT2D eigenvalue weighted by Crippen LogP contribution is -2.52. The minimum Gasteiger partial charge on any atom is -0.379 e. The third-order valence-corrected chi connectivity index (χ3v) is 7.00. The lowest BCUT2D eigenvalue weighted by Gasteiger charge is -2.29. The average Bonchev–Trinajstić information content (AvgIpc) is 3.24. The molecule has 5 rings (SSSR count). The molecule has 2 fully saturated rings. The van der Waals surface area contributed by atoms with Crippen molar-refractivity contribution in [3.8, 4) is 0 Å². The van der Waals surface area contributed by atoms with Crippen LogP contribution in [0.4, 0.5) is 10.5 Å². The maximum absolute atomic E-state index is 13.0. The van der Waals surface area contributed by atoms with Crippen molar-refractivity contribution in [2.24, 2.45) is 0 Å². The molecule has 0 saturated carbocycles. The number of hydrogen-bond acceptors (Lipinski definition) is 8. The smallest absolute Gasteiger partial charge is 0.355 e. The van der Waals surface area contributed by atoms with E-state index in [9.17, 15) is 24.0 Å². The van der Waals surface area contributed by atoms with Gasteiger partial charge in [0.15, 0.2) is 0 Å². The van der Waals surface area contributed by atoms with E-state index >= 15 is 0 Å². The minimum atomic E-state index is -0.717. The summed E-state index contributed by atoms with van der Waals surface area (Å²) in [5, 5.41) is 5.95. The molecule has 204 valence electrons. The van der Waals surface area contributed by atoms with Crippen LogP contribution in [-0.4, -0.2) is 77.4 Å². The maximum Gasteiger partial charge on any atom is 0.355 e. The molecule has 5 amide bonds. The Morgan fingerprint density at radius 1 is 1.13 bits per heavy atom. The van der Waals surface area contributed by atoms with Crippen LogP contribution in [0.5, 0.6) is 0 Å². The first kappa shape index (κ1) is 26.3. The highest BCUT2D eigenvalue weighted by Crippen LogP contribution is 2.28. The Morgan fingerprint density at radius 3 is 2.72 bits per heavy atom. The molecular formula is C27H29N5O7. The second-order valence-electron chi connectivity index (χ2n) is 9.65. The van der Waals surface area contributed by atoms with Gasteiger partial charge in [-0.15, -0.1) is 5.06 Å². The Hall–Kier alpha value is -4.29. The summed E-state index contributed by atoms with van der Waals surface area (Å²) in [5.74, 6) is -1.12. The number of urea groups is 1. The lowest BCUT2D eigenvalue weighted by molar-refractivity contribution is -0.160. The highest BCUT2D eigenvalue weighted by atomic mass is 16.7. The Labute approximate surface area is 224 Å². The highest BCUT2D eigenvalue weighted by molar-refractivity contribution is 6.05. The number of rotatable bonds is 8. The average molecular weight is 536 g/mol. The van der Waals surface area contributed by atoms with E-state index in [1.807, 2.05) is 18.2 Å². The monoisotopic (exact) mass is 535 g/mol. The van der Waals surface area contributed by atoms with Crippen molar-refractivity contribution in [2.75, 3.05) is 31.6 Å². The SMILES string of the molecule is O=CON(Cc1ccc2c(c1)CN(C1CCC(=O)NC1=O)C2=O)C(=O)Nc1cccc(CN2CCOCC2)c1. The summed E-state index contributed by atoms with van der Waals surface area (Å²) in [6, 6.07) is 11.2. The van der Waals surface area contributed by atoms with E-state index in [0.29, 0.717) is 35.6 Å². The van der Waals surface area contributed by atoms with Gasteiger partial charge in [0.05, 0.1) is 19.8 Å². The minimum absolute atomic E-state index is 0.0576. The van der Waals surface area contributed by atoms with Crippen molar-refractivity contribution in [3.63, 3.8) is 0 Å². The first-order valence-electron chi connectivity index (χ1n) is 12.8. The molecule has 39 heavy (non-hydrogen) atoms. The predicted molar refractivity (Wildman–Crippen MR) is 137 cm³/mol. The van der Waals surface area contributed by atoms with Crippen LogP contribution < -0.4 is 10.6 Å². The molecule has 3 heterocycles. The number of benzene rings is 2. The molecular weight excluding hydrogens is 506 g/mol. The molecule has 0 aliphatic carbocycles. The normalized spacial score (nSPS) is 19.3. The van der Waals surface area contributed by atoms with Crippen molar-refractivity contribution >= 4 is 35.9 Å². The van der Waals surface area contributed by atoms with Crippen molar-refractivity contribution in [2.45, 2.75) is 38.5 Å². The summed E-state index contributed by atoms with van der Waals surface area (Å²) in [6.45, 7) is 4.12. The molecule has 3 aliphatic heterocycles. The van der Waals surface area contributed by atoms with Crippen LogP contribution in [-0.2, 0) is 43.6 Å². The predicted octanol–water partition coefficient (Wildman–Crippen LogP) is 1.40. The summed E-state index contributed by atoms with van der Waals surface area (Å²) in [4.78, 5) is 69.5. The number of anilines is 1. The molecule has 1 unspecified atom stereocenters. The van der Waals surface area contributed by atoms with Crippen LogP contribution in [0.3, 0.4) is 0 Å². The second-order valence-corrected chi connectivity index (χ2v) is 9.65. The molecule has 0 aromatic heterocycles. The van der Waals surface area contributed by atoms with Crippen LogP contribution in [0.25, 0.3) is 0 Å². The number of carbonyl (C=O) groups is 5. The molecule has 2 saturated heterocycles. The third kappa shape index (κ3) is 6.07. The lowest BCUT2D eigenvalue weighted by atomic mass is 10.0. The van der Waals surface area contributed by atoms with E-state index in [0.717, 1.165) is 30.3 Å². The molecule has 12 heteroatoms. The van der Waals surface area contributed by atoms with Gasteiger partial charge in [0.2, 0.25) is 11.8 Å². The first-order chi connectivity index (χ1) is 18.9. The number of morpholine rings is 1. The van der Waals surface area contributed by atoms with Crippen LogP contribution >= 0.6 is 0 Å². The zero-order valence-electron chi connectivity index (χ0n) is 21.3. The molecule has 2 aromatic rings. The topological polar surface area (TPSA) is 138 Å². The van der Waals surface area contributed by atoms with Gasteiger partial charge in [0.25, 0.3) is 5.91 Å². The molecule has 2 aromatic carbocycles. The maximum atomic E-state index is 13.0. The van der Waals surface area contributed by atoms with E-state index in [4.69, 9.17) is 9.57 Å². The number of piperidine rings is 1. The fourth-order valence-electron chi connectivity index (χ4n) is 5.05. The van der Waals surface area contributed by atoms with E-state index < -0.39 is 18.0 Å². The number of ether oxygens (including phenoxy) is 1. The fourth-order valence-corrected chi connectivity index (χ4v) is 5.05. The molecule has 2 N–H and O–H groups in total. The number of hydrogen-bond donors (Lipinski definition) is 2. The zero-order valence-corrected chi connectivity index (χ0v) is 21.3. The Morgan fingerprint density at radius 2 is 1.95 bits per heavy atom. The number of hydroxylamine groups is 2. The van der Waals surface area contributed by atoms with Crippen LogP contribution in [0.1, 0.15) is 39.9 Å². The van der Waals surface area contributed by atoms with Gasteiger partial charge in [0, 0.05) is 43.9 Å². The molecule has 0 radical (unpaired) electrons. The molecule has 1 atom stereocenters. The highest BCUT2D eigenvalue weighted by Gasteiger charge is 2.39. The van der Waals surface area contributed by atoms with Gasteiger partial charge in [-0.3, -0.25) is 29.4 Å². The van der Waals surface area contributed by atoms with Crippen LogP contribution in [0, 0.1) is 0 Å². The van der Waals surface area contributed by atoms with Gasteiger partial charge in [-0.1, -0.05) is 24.3 Å². The summed E-state index contributed by atoms with van der Waals surface area (Å²) >= 11 is 0. The van der Waals surface area contributed by atoms with E-state index in [-0.39, 0.29) is 44.2 Å². The quantitative estimate of drug-likeness (QED) is 0.294. The summed E-state index contributed by atoms with van der Waals surface area (Å²) in [5.41, 5.74) is 3.35.